The minimum Gasteiger partial charge on any atom is -0.261 e. The molecule has 4 heteroatoms. The van der Waals surface area contributed by atoms with E-state index in [9.17, 15) is 0 Å². The molecule has 0 N–H and O–H groups in total. The molecule has 15 heavy (non-hydrogen) atoms. The highest BCUT2D eigenvalue weighted by Crippen LogP contribution is 2.03. The van der Waals surface area contributed by atoms with Crippen LogP contribution in [-0.4, -0.2) is 15.0 Å². The SMILES string of the molecule is Ic1cnc(CCc2ccccn2)nc1. The quantitative estimate of drug-likeness (QED) is 0.816. The molecule has 0 spiro atoms. The van der Waals surface area contributed by atoms with E-state index in [1.54, 1.807) is 0 Å². The maximum Gasteiger partial charge on any atom is 0.128 e. The molecule has 0 fully saturated rings. The van der Waals surface area contributed by atoms with Gasteiger partial charge in [0.05, 0.1) is 0 Å². The van der Waals surface area contributed by atoms with Crippen molar-refractivity contribution in [2.45, 2.75) is 12.8 Å². The molecule has 0 atom stereocenters. The van der Waals surface area contributed by atoms with E-state index in [0.29, 0.717) is 0 Å². The van der Waals surface area contributed by atoms with Crippen LogP contribution in [0.25, 0.3) is 0 Å². The summed E-state index contributed by atoms with van der Waals surface area (Å²) in [5.74, 6) is 0.876. The van der Waals surface area contributed by atoms with Crippen LogP contribution < -0.4 is 0 Å². The molecule has 0 bridgehead atoms. The van der Waals surface area contributed by atoms with E-state index in [1.165, 1.54) is 0 Å². The van der Waals surface area contributed by atoms with Crippen molar-refractivity contribution in [3.05, 3.63) is 51.9 Å². The summed E-state index contributed by atoms with van der Waals surface area (Å²) in [6.07, 6.45) is 7.21. The van der Waals surface area contributed by atoms with Crippen molar-refractivity contribution in [1.82, 2.24) is 15.0 Å². The Hall–Kier alpha value is -1.04. The molecule has 0 aliphatic heterocycles. The maximum absolute atomic E-state index is 4.25. The zero-order chi connectivity index (χ0) is 10.5. The number of halogens is 1. The standard InChI is InChI=1S/C11H10IN3/c12-9-7-14-11(15-8-9)5-4-10-3-1-2-6-13-10/h1-3,6-8H,4-5H2. The van der Waals surface area contributed by atoms with Gasteiger partial charge >= 0.3 is 0 Å². The van der Waals surface area contributed by atoms with E-state index in [2.05, 4.69) is 37.5 Å². The molecule has 2 heterocycles. The van der Waals surface area contributed by atoms with Crippen LogP contribution in [0, 0.1) is 3.57 Å². The maximum atomic E-state index is 4.25. The van der Waals surface area contributed by atoms with Crippen LogP contribution in [0.2, 0.25) is 0 Å². The Morgan fingerprint density at radius 2 is 1.80 bits per heavy atom. The average Bonchev–Trinajstić information content (AvgIpc) is 2.30. The smallest absolute Gasteiger partial charge is 0.128 e. The zero-order valence-corrected chi connectivity index (χ0v) is 10.3. The second-order valence-corrected chi connectivity index (χ2v) is 4.38. The number of aromatic nitrogens is 3. The predicted molar refractivity (Wildman–Crippen MR) is 66.4 cm³/mol. The van der Waals surface area contributed by atoms with E-state index in [4.69, 9.17) is 0 Å². The first-order chi connectivity index (χ1) is 7.34. The molecule has 0 radical (unpaired) electrons. The highest BCUT2D eigenvalue weighted by Gasteiger charge is 1.98. The van der Waals surface area contributed by atoms with Gasteiger partial charge in [0.2, 0.25) is 0 Å². The Kier molecular flexibility index (Phi) is 3.60. The van der Waals surface area contributed by atoms with Gasteiger partial charge in [-0.15, -0.1) is 0 Å². The van der Waals surface area contributed by atoms with Gasteiger partial charge in [0.15, 0.2) is 0 Å². The number of pyridine rings is 1. The van der Waals surface area contributed by atoms with Crippen LogP contribution in [0.5, 0.6) is 0 Å². The van der Waals surface area contributed by atoms with E-state index >= 15 is 0 Å². The Bertz CT molecular complexity index is 414. The Morgan fingerprint density at radius 3 is 2.47 bits per heavy atom. The van der Waals surface area contributed by atoms with Crippen LogP contribution in [0.4, 0.5) is 0 Å². The highest BCUT2D eigenvalue weighted by atomic mass is 127. The molecule has 0 unspecified atom stereocenters. The van der Waals surface area contributed by atoms with Crippen molar-refractivity contribution in [3.8, 4) is 0 Å². The van der Waals surface area contributed by atoms with Crippen LogP contribution in [0.3, 0.4) is 0 Å². The lowest BCUT2D eigenvalue weighted by molar-refractivity contribution is 0.833. The van der Waals surface area contributed by atoms with Gasteiger partial charge in [-0.3, -0.25) is 4.98 Å². The Balaban J connectivity index is 1.96. The molecule has 3 nitrogen and oxygen atoms in total. The number of hydrogen-bond donors (Lipinski definition) is 0. The van der Waals surface area contributed by atoms with Crippen LogP contribution in [-0.2, 0) is 12.8 Å². The molecule has 2 aromatic heterocycles. The second-order valence-electron chi connectivity index (χ2n) is 3.14. The van der Waals surface area contributed by atoms with Gasteiger partial charge in [-0.05, 0) is 41.1 Å². The van der Waals surface area contributed by atoms with Gasteiger partial charge in [0.1, 0.15) is 5.82 Å². The largest absolute Gasteiger partial charge is 0.261 e. The number of hydrogen-bond acceptors (Lipinski definition) is 3. The summed E-state index contributed by atoms with van der Waals surface area (Å²) < 4.78 is 1.06. The molecule has 0 aliphatic rings. The van der Waals surface area contributed by atoms with E-state index < -0.39 is 0 Å². The van der Waals surface area contributed by atoms with E-state index in [-0.39, 0.29) is 0 Å². The Morgan fingerprint density at radius 1 is 1.00 bits per heavy atom. The summed E-state index contributed by atoms with van der Waals surface area (Å²) in [4.78, 5) is 12.7. The van der Waals surface area contributed by atoms with Gasteiger partial charge < -0.3 is 0 Å². The first-order valence-electron chi connectivity index (χ1n) is 4.71. The van der Waals surface area contributed by atoms with Crippen molar-refractivity contribution in [2.24, 2.45) is 0 Å². The first-order valence-corrected chi connectivity index (χ1v) is 5.79. The lowest BCUT2D eigenvalue weighted by Gasteiger charge is -1.99. The topological polar surface area (TPSA) is 38.7 Å². The minimum atomic E-state index is 0.841. The second kappa shape index (κ2) is 5.16. The van der Waals surface area contributed by atoms with Crippen molar-refractivity contribution >= 4 is 22.6 Å². The zero-order valence-electron chi connectivity index (χ0n) is 8.10. The molecule has 0 aliphatic carbocycles. The number of rotatable bonds is 3. The van der Waals surface area contributed by atoms with Gasteiger partial charge in [0, 0.05) is 34.3 Å². The van der Waals surface area contributed by atoms with Crippen LogP contribution >= 0.6 is 22.6 Å². The van der Waals surface area contributed by atoms with Gasteiger partial charge in [-0.25, -0.2) is 9.97 Å². The van der Waals surface area contributed by atoms with Gasteiger partial charge in [-0.1, -0.05) is 6.07 Å². The summed E-state index contributed by atoms with van der Waals surface area (Å²) >= 11 is 2.20. The summed E-state index contributed by atoms with van der Waals surface area (Å²) in [6, 6.07) is 5.94. The first kappa shape index (κ1) is 10.5. The van der Waals surface area contributed by atoms with Crippen LogP contribution in [0.15, 0.2) is 36.8 Å². The molecule has 76 valence electrons. The summed E-state index contributed by atoms with van der Waals surface area (Å²) in [7, 11) is 0. The van der Waals surface area contributed by atoms with Gasteiger partial charge in [-0.2, -0.15) is 0 Å². The molecular formula is C11H10IN3. The molecule has 2 rings (SSSR count). The van der Waals surface area contributed by atoms with Crippen molar-refractivity contribution in [3.63, 3.8) is 0 Å². The number of aryl methyl sites for hydroxylation is 2. The summed E-state index contributed by atoms with van der Waals surface area (Å²) in [5, 5.41) is 0. The Labute approximate surface area is 102 Å². The lowest BCUT2D eigenvalue weighted by atomic mass is 10.2. The third-order valence-corrected chi connectivity index (χ3v) is 2.56. The molecule has 0 saturated carbocycles. The fraction of sp³-hybridized carbons (Fsp3) is 0.182. The minimum absolute atomic E-state index is 0.841. The fourth-order valence-corrected chi connectivity index (χ4v) is 1.53. The van der Waals surface area contributed by atoms with Crippen molar-refractivity contribution in [2.75, 3.05) is 0 Å². The molecule has 0 saturated heterocycles. The van der Waals surface area contributed by atoms with Crippen molar-refractivity contribution in [1.29, 1.82) is 0 Å². The molecular weight excluding hydrogens is 301 g/mol. The van der Waals surface area contributed by atoms with Crippen molar-refractivity contribution < 1.29 is 0 Å². The lowest BCUT2D eigenvalue weighted by Crippen LogP contribution is -1.99. The predicted octanol–water partition coefficient (Wildman–Crippen LogP) is 2.26. The van der Waals surface area contributed by atoms with E-state index in [0.717, 1.165) is 27.9 Å². The summed E-state index contributed by atoms with van der Waals surface area (Å²) in [6.45, 7) is 0. The van der Waals surface area contributed by atoms with Crippen LogP contribution in [0.1, 0.15) is 11.5 Å². The molecule has 2 aromatic rings. The average molecular weight is 311 g/mol. The van der Waals surface area contributed by atoms with E-state index in [1.807, 2.05) is 36.8 Å². The summed E-state index contributed by atoms with van der Waals surface area (Å²) in [5.41, 5.74) is 1.08. The number of nitrogens with zero attached hydrogens (tertiary/aromatic N) is 3. The third kappa shape index (κ3) is 3.23. The van der Waals surface area contributed by atoms with Gasteiger partial charge in [0.25, 0.3) is 0 Å². The fourth-order valence-electron chi connectivity index (χ4n) is 1.25. The normalized spacial score (nSPS) is 10.2. The monoisotopic (exact) mass is 311 g/mol. The third-order valence-electron chi connectivity index (χ3n) is 2.00. The molecule has 0 amide bonds. The highest BCUT2D eigenvalue weighted by molar-refractivity contribution is 14.1. The molecule has 0 aromatic carbocycles.